The molecule has 65 heavy (non-hydrogen) atoms. The Hall–Kier alpha value is -7.19. The lowest BCUT2D eigenvalue weighted by molar-refractivity contribution is 0.414. The van der Waals surface area contributed by atoms with Crippen LogP contribution in [0, 0.1) is 13.8 Å². The van der Waals surface area contributed by atoms with Crippen LogP contribution in [0.1, 0.15) is 11.1 Å². The first-order chi connectivity index (χ1) is 31.1. The van der Waals surface area contributed by atoms with Gasteiger partial charge < -0.3 is 18.9 Å². The second-order valence-electron chi connectivity index (χ2n) is 14.7. The Kier molecular flexibility index (Phi) is 13.9. The highest BCUT2D eigenvalue weighted by Gasteiger charge is 2.20. The van der Waals surface area contributed by atoms with Gasteiger partial charge in [0.05, 0.1) is 43.6 Å². The number of rotatable bonds is 13. The molecule has 8 aromatic rings. The van der Waals surface area contributed by atoms with Crippen molar-refractivity contribution in [3.05, 3.63) is 205 Å². The summed E-state index contributed by atoms with van der Waals surface area (Å²) >= 11 is 0. The fourth-order valence-corrected chi connectivity index (χ4v) is 10.2. The maximum absolute atomic E-state index is 12.8. The first-order valence-corrected chi connectivity index (χ1v) is 24.5. The number of hydrogen-bond acceptors (Lipinski definition) is 10. The lowest BCUT2D eigenvalue weighted by Gasteiger charge is -2.09. The summed E-state index contributed by atoms with van der Waals surface area (Å²) in [5.41, 5.74) is 4.45. The quantitative estimate of drug-likeness (QED) is 0.110. The zero-order valence-electron chi connectivity index (χ0n) is 35.8. The molecule has 0 unspecified atom stereocenters. The van der Waals surface area contributed by atoms with E-state index in [0.717, 1.165) is 16.7 Å². The Labute approximate surface area is 380 Å². The van der Waals surface area contributed by atoms with Gasteiger partial charge in [-0.1, -0.05) is 59.7 Å². The molecule has 0 aliphatic rings. The highest BCUT2D eigenvalue weighted by molar-refractivity contribution is 7.92. The van der Waals surface area contributed by atoms with E-state index in [1.54, 1.807) is 97.1 Å². The minimum atomic E-state index is -3.68. The summed E-state index contributed by atoms with van der Waals surface area (Å²) in [5, 5.41) is 0. The lowest BCUT2D eigenvalue weighted by Crippen LogP contribution is -2.02. The number of hydrogen-bond donors (Lipinski definition) is 0. The van der Waals surface area contributed by atoms with E-state index in [4.69, 9.17) is 18.9 Å². The van der Waals surface area contributed by atoms with Crippen LogP contribution in [0.5, 0.6) is 34.5 Å². The van der Waals surface area contributed by atoms with Gasteiger partial charge in [0.15, 0.2) is 0 Å². The molecule has 8 rings (SSSR count). The fourth-order valence-electron chi connectivity index (χ4n) is 6.43. The molecule has 0 heterocycles. The molecule has 0 saturated carbocycles. The van der Waals surface area contributed by atoms with E-state index in [2.05, 4.69) is 31.2 Å². The molecule has 0 atom stereocenters. The van der Waals surface area contributed by atoms with Crippen molar-refractivity contribution in [3.63, 3.8) is 0 Å². The van der Waals surface area contributed by atoms with E-state index in [1.807, 2.05) is 31.2 Å². The number of aryl methyl sites for hydroxylation is 2. The topological polar surface area (TPSA) is 139 Å². The third-order valence-electron chi connectivity index (χ3n) is 10.2. The van der Waals surface area contributed by atoms with Gasteiger partial charge >= 0.3 is 0 Å². The van der Waals surface area contributed by atoms with E-state index in [1.165, 1.54) is 68.3 Å². The van der Waals surface area contributed by atoms with E-state index in [9.17, 15) is 25.3 Å². The lowest BCUT2D eigenvalue weighted by atomic mass is 10.0. The number of sulfone groups is 3. The molecule has 0 fully saturated rings. The van der Waals surface area contributed by atoms with Gasteiger partial charge in [0.25, 0.3) is 0 Å². The average Bonchev–Trinajstić information content (AvgIpc) is 3.33. The minimum Gasteiger partial charge on any atom is -0.497 e. The average molecular weight is 925 g/mol. The zero-order chi connectivity index (χ0) is 46.2. The minimum absolute atomic E-state index is 0.129. The van der Waals surface area contributed by atoms with Crippen LogP contribution >= 0.6 is 0 Å². The van der Waals surface area contributed by atoms with Crippen molar-refractivity contribution < 1.29 is 44.2 Å². The molecule has 0 aromatic heterocycles. The van der Waals surface area contributed by atoms with Crippen molar-refractivity contribution in [1.82, 2.24) is 0 Å². The van der Waals surface area contributed by atoms with Crippen molar-refractivity contribution in [3.8, 4) is 45.6 Å². The predicted molar refractivity (Wildman–Crippen MR) is 250 cm³/mol. The van der Waals surface area contributed by atoms with Gasteiger partial charge in [-0.05, 0) is 171 Å². The molecule has 0 spiro atoms. The summed E-state index contributed by atoms with van der Waals surface area (Å²) in [6, 6.07) is 53.8. The highest BCUT2D eigenvalue weighted by atomic mass is 32.2. The molecular formula is C52H44O10S3. The maximum Gasteiger partial charge on any atom is 0.206 e. The number of benzene rings is 8. The summed E-state index contributed by atoms with van der Waals surface area (Å²) in [6.45, 7) is 3.96. The van der Waals surface area contributed by atoms with Crippen LogP contribution in [0.3, 0.4) is 0 Å². The van der Waals surface area contributed by atoms with E-state index in [0.29, 0.717) is 34.5 Å². The van der Waals surface area contributed by atoms with Gasteiger partial charge in [-0.2, -0.15) is 0 Å². The summed E-state index contributed by atoms with van der Waals surface area (Å²) < 4.78 is 98.7. The normalized spacial score (nSPS) is 11.4. The van der Waals surface area contributed by atoms with Crippen molar-refractivity contribution in [1.29, 1.82) is 0 Å². The van der Waals surface area contributed by atoms with Crippen LogP contribution in [-0.4, -0.2) is 39.5 Å². The zero-order valence-corrected chi connectivity index (χ0v) is 38.2. The molecule has 330 valence electrons. The summed E-state index contributed by atoms with van der Waals surface area (Å²) in [7, 11) is -7.86. The third-order valence-corrected chi connectivity index (χ3v) is 15.5. The van der Waals surface area contributed by atoms with Crippen molar-refractivity contribution in [2.45, 2.75) is 43.2 Å². The van der Waals surface area contributed by atoms with Crippen LogP contribution in [0.25, 0.3) is 11.1 Å². The summed E-state index contributed by atoms with van der Waals surface area (Å²) in [5.74, 6) is 3.27. The van der Waals surface area contributed by atoms with Gasteiger partial charge in [-0.25, -0.2) is 25.3 Å². The molecule has 10 nitrogen and oxygen atoms in total. The fraction of sp³-hybridized carbons (Fsp3) is 0.0769. The number of ether oxygens (including phenoxy) is 4. The van der Waals surface area contributed by atoms with E-state index < -0.39 is 29.5 Å². The highest BCUT2D eigenvalue weighted by Crippen LogP contribution is 2.31. The molecule has 0 bridgehead atoms. The van der Waals surface area contributed by atoms with E-state index in [-0.39, 0.29) is 29.4 Å². The molecule has 0 saturated heterocycles. The second-order valence-corrected chi connectivity index (χ2v) is 20.5. The van der Waals surface area contributed by atoms with Crippen LogP contribution in [-0.2, 0) is 29.5 Å². The molecular weight excluding hydrogens is 881 g/mol. The van der Waals surface area contributed by atoms with Crippen LogP contribution in [0.15, 0.2) is 223 Å². The van der Waals surface area contributed by atoms with Gasteiger partial charge in [-0.3, -0.25) is 0 Å². The molecule has 13 heteroatoms. The van der Waals surface area contributed by atoms with Gasteiger partial charge in [0.1, 0.15) is 34.5 Å². The monoisotopic (exact) mass is 924 g/mol. The Morgan fingerprint density at radius 3 is 0.692 bits per heavy atom. The van der Waals surface area contributed by atoms with Crippen LogP contribution in [0.2, 0.25) is 0 Å². The Morgan fingerprint density at radius 1 is 0.262 bits per heavy atom. The Morgan fingerprint density at radius 2 is 0.446 bits per heavy atom. The molecule has 0 aliphatic carbocycles. The van der Waals surface area contributed by atoms with Crippen molar-refractivity contribution in [2.75, 3.05) is 14.2 Å². The smallest absolute Gasteiger partial charge is 0.206 e. The first-order valence-electron chi connectivity index (χ1n) is 20.1. The van der Waals surface area contributed by atoms with Gasteiger partial charge in [-0.15, -0.1) is 0 Å². The van der Waals surface area contributed by atoms with Crippen LogP contribution in [0.4, 0.5) is 0 Å². The maximum atomic E-state index is 12.8. The first kappa shape index (κ1) is 45.8. The largest absolute Gasteiger partial charge is 0.497 e. The molecule has 0 radical (unpaired) electrons. The summed E-state index contributed by atoms with van der Waals surface area (Å²) in [4.78, 5) is 1.09. The van der Waals surface area contributed by atoms with E-state index >= 15 is 0 Å². The van der Waals surface area contributed by atoms with Gasteiger partial charge in [0, 0.05) is 0 Å². The standard InChI is InChI=1S/C26H22O6S2.C26H22O4S/c1-19-3-11-23(12-4-19)33(27,28)25-15-7-21(8-16-25)32-22-9-17-26(18-10-22)34(29,30)24-13-5-20(31-2)6-14-24;1-19-3-5-20(6-4-19)21-7-9-23(10-8-21)30-24-13-17-26(18-14-24)31(27,28)25-15-11-22(29-2)12-16-25/h3-18H,1-2H3;3-18H,1-2H3. The molecule has 8 aromatic carbocycles. The SMILES string of the molecule is COc1ccc(S(=O)(=O)c2ccc(Oc3ccc(-c4ccc(C)cc4)cc3)cc2)cc1.COc1ccc(S(=O)(=O)c2ccc(Oc3ccc(S(=O)(=O)c4ccc(C)cc4)cc3)cc2)cc1. The third kappa shape index (κ3) is 11.0. The second kappa shape index (κ2) is 19.7. The van der Waals surface area contributed by atoms with Crippen LogP contribution < -0.4 is 18.9 Å². The van der Waals surface area contributed by atoms with Gasteiger partial charge in [0.2, 0.25) is 29.5 Å². The van der Waals surface area contributed by atoms with Crippen molar-refractivity contribution >= 4 is 29.5 Å². The summed E-state index contributed by atoms with van der Waals surface area (Å²) in [6.07, 6.45) is 0. The Balaban J connectivity index is 0.000000195. The molecule has 0 amide bonds. The van der Waals surface area contributed by atoms with Crippen molar-refractivity contribution in [2.24, 2.45) is 0 Å². The number of methoxy groups -OCH3 is 2. The predicted octanol–water partition coefficient (Wildman–Crippen LogP) is 11.8. The molecule has 0 aliphatic heterocycles. The molecule has 0 N–H and O–H groups in total. The Bertz CT molecular complexity index is 3190.